The van der Waals surface area contributed by atoms with Crippen LogP contribution in [0.3, 0.4) is 0 Å². The van der Waals surface area contributed by atoms with Crippen molar-refractivity contribution in [2.75, 3.05) is 19.7 Å². The maximum atomic E-state index is 13.3. The highest BCUT2D eigenvalue weighted by molar-refractivity contribution is 6.36. The molecule has 10 heterocycles. The van der Waals surface area contributed by atoms with Crippen molar-refractivity contribution in [3.63, 3.8) is 0 Å². The minimum absolute atomic E-state index is 0.000399. The molecule has 4 aliphatic rings. The van der Waals surface area contributed by atoms with E-state index in [0.717, 1.165) is 178 Å². The molecule has 0 bridgehead atoms. The maximum Gasteiger partial charge on any atom is 0.293 e. The Morgan fingerprint density at radius 2 is 0.861 bits per heavy atom. The summed E-state index contributed by atoms with van der Waals surface area (Å²) in [6, 6.07) is 59.3. The SMILES string of the molecule is C#N.C#N.C=C(C)OCC(=O)N(Cc1cc2c3ccccc3n(Cc3cc(Cl)ccc3Cl)c2cn1)CC1CCC(C)CC1.C=C1OC(O)c2c1ncc1c2c2ccccc2n1Cc1cc(Cl)ccc1Cl.CC1CCC(CN(Cc2cc3c4ccccc4n(Cc4cc(Cl)ccc4Cl)c3cn2)C(=O)C2CC2)CC1.CCCn1ncc2c(ncc3c2c2ccccc2n3Cc2cc(Cl)ccc2Cl)c1=O. The first-order valence-electron chi connectivity index (χ1n) is 45.9. The van der Waals surface area contributed by atoms with E-state index in [9.17, 15) is 19.5 Å². The third kappa shape index (κ3) is 21.6. The van der Waals surface area contributed by atoms with Crippen molar-refractivity contribution >= 4 is 209 Å². The molecule has 17 aromatic rings. The van der Waals surface area contributed by atoms with E-state index >= 15 is 0 Å². The molecule has 1 N–H and O–H groups in total. The smallest absolute Gasteiger partial charge is 0.293 e. The molecule has 3 fully saturated rings. The number of carbonyl (C=O) groups excluding carboxylic acids is 2. The quantitative estimate of drug-likeness (QED) is 0.0623. The fraction of sp³-hybridized carbons (Fsp3) is 0.284. The summed E-state index contributed by atoms with van der Waals surface area (Å²) in [6.07, 6.45) is 20.8. The Hall–Kier alpha value is -12.0. The molecule has 1 atom stereocenters. The molecule has 21 rings (SSSR count). The molecule has 0 radical (unpaired) electrons. The number of halogens is 8. The van der Waals surface area contributed by atoms with Gasteiger partial charge in [0.05, 0.1) is 88.9 Å². The second-order valence-corrected chi connectivity index (χ2v) is 39.3. The van der Waals surface area contributed by atoms with Crippen LogP contribution in [-0.2, 0) is 64.9 Å². The van der Waals surface area contributed by atoms with Gasteiger partial charge in [0.25, 0.3) is 11.5 Å². The third-order valence-corrected chi connectivity index (χ3v) is 28.8. The van der Waals surface area contributed by atoms with E-state index in [1.807, 2.05) is 115 Å². The van der Waals surface area contributed by atoms with Crippen molar-refractivity contribution in [1.82, 2.24) is 57.8 Å². The lowest BCUT2D eigenvalue weighted by molar-refractivity contribution is -0.136. The van der Waals surface area contributed by atoms with Crippen LogP contribution in [0.5, 0.6) is 0 Å². The summed E-state index contributed by atoms with van der Waals surface area (Å²) in [5.41, 5.74) is 15.3. The van der Waals surface area contributed by atoms with Crippen LogP contribution in [0.4, 0.5) is 0 Å². The van der Waals surface area contributed by atoms with Crippen LogP contribution in [0, 0.1) is 53.3 Å². The first-order valence-corrected chi connectivity index (χ1v) is 48.9. The van der Waals surface area contributed by atoms with Crippen molar-refractivity contribution < 1.29 is 24.2 Å². The molecule has 9 aromatic heterocycles. The van der Waals surface area contributed by atoms with Gasteiger partial charge in [-0.3, -0.25) is 29.3 Å². The molecule has 1 unspecified atom stereocenters. The number of aliphatic hydroxyl groups excluding tert-OH is 1. The minimum atomic E-state index is -1.07. The summed E-state index contributed by atoms with van der Waals surface area (Å²) in [6.45, 7) is 28.5. The second-order valence-electron chi connectivity index (χ2n) is 35.9. The zero-order chi connectivity index (χ0) is 96.6. The normalized spacial score (nSPS) is 16.1. The Morgan fingerprint density at radius 3 is 1.30 bits per heavy atom. The van der Waals surface area contributed by atoms with Crippen molar-refractivity contribution in [3.05, 3.63) is 327 Å². The van der Waals surface area contributed by atoms with E-state index in [1.165, 1.54) is 48.6 Å². The Kier molecular flexibility index (Phi) is 31.3. The molecule has 28 heteroatoms. The Morgan fingerprint density at radius 1 is 0.474 bits per heavy atom. The standard InChI is InChI=1S/C32H35Cl2N3O2.C31H33Cl2N3O.C23H18Cl2N4O.C21H14Cl2N2O2.2CHN/c1-21(2)39-20-32(38)36(17-23-10-8-22(3)9-11-23)19-26-15-28-27-6-4-5-7-30(27)37(31(28)16-35-26)18-24-14-25(33)12-13-29(24)34;1-20-6-8-21(9-7-20)17-35(31(37)22-10-11-22)19-25-15-27-26-4-2-3-5-29(26)36(30(27)16-34-25)18-23-14-24(32)12-13-28(23)33;1-2-9-29-23(30)22-17(11-27-29)21-16-5-3-4-6-19(16)28(20(21)12-26-22)13-14-10-15(24)7-8-18(14)25;1-11-20-19(21(26)27-11)18-14-4-2-3-5-16(14)25(17(18)9-24-20)10-12-8-13(22)6-7-15(12)23;2*1-2/h4-7,12-16,22-23H,1,8-11,17-20H2,2-3H3;2-5,12-16,20-22H,6-11,17-19H2,1H3;3-8,10-12H,2,9,13H2,1H3;2-9,21,26H,1,10H2;2*1H. The summed E-state index contributed by atoms with van der Waals surface area (Å²) in [5, 5.41) is 42.4. The summed E-state index contributed by atoms with van der Waals surface area (Å²) in [4.78, 5) is 62.1. The summed E-state index contributed by atoms with van der Waals surface area (Å²) >= 11 is 50.8. The molecule has 20 nitrogen and oxygen atoms in total. The first-order chi connectivity index (χ1) is 66.4. The van der Waals surface area contributed by atoms with Crippen LogP contribution in [0.2, 0.25) is 40.2 Å². The van der Waals surface area contributed by atoms with Crippen molar-refractivity contribution in [3.8, 4) is 13.1 Å². The molecule has 0 spiro atoms. The minimum Gasteiger partial charge on any atom is -0.489 e. The Balaban J connectivity index is 0.000000132. The number of aromatic nitrogens is 10. The highest BCUT2D eigenvalue weighted by atomic mass is 35.5. The molecule has 700 valence electrons. The average molecular weight is 1990 g/mol. The Bertz CT molecular complexity index is 7540. The largest absolute Gasteiger partial charge is 0.489 e. The zero-order valence-electron chi connectivity index (χ0n) is 76.4. The number of hydrogen-bond acceptors (Lipinski definition) is 13. The van der Waals surface area contributed by atoms with Gasteiger partial charge in [0.15, 0.2) is 6.61 Å². The van der Waals surface area contributed by atoms with Crippen molar-refractivity contribution in [2.45, 2.75) is 150 Å². The van der Waals surface area contributed by atoms with Gasteiger partial charge in [-0.15, -0.1) is 0 Å². The number of aliphatic hydroxyl groups is 1. The highest BCUT2D eigenvalue weighted by Gasteiger charge is 2.37. The van der Waals surface area contributed by atoms with E-state index in [-0.39, 0.29) is 24.0 Å². The first kappa shape index (κ1) is 98.0. The summed E-state index contributed by atoms with van der Waals surface area (Å²) in [5.74, 6) is 4.11. The Labute approximate surface area is 834 Å². The fourth-order valence-electron chi connectivity index (χ4n) is 19.4. The maximum absolute atomic E-state index is 13.3. The number of pyridine rings is 4. The molecule has 137 heavy (non-hydrogen) atoms. The molecule has 0 saturated heterocycles. The summed E-state index contributed by atoms with van der Waals surface area (Å²) in [7, 11) is 0. The van der Waals surface area contributed by atoms with Crippen LogP contribution in [0.15, 0.2) is 237 Å². The van der Waals surface area contributed by atoms with Crippen LogP contribution in [0.25, 0.3) is 104 Å². The molecular weight excluding hydrogens is 1880 g/mol. The number of fused-ring (bicyclic) bond motifs is 16. The number of amides is 2. The lowest BCUT2D eigenvalue weighted by Crippen LogP contribution is -2.38. The predicted octanol–water partition coefficient (Wildman–Crippen LogP) is 27.8. The highest BCUT2D eigenvalue weighted by Crippen LogP contribution is 2.45. The second kappa shape index (κ2) is 43.8. The molecule has 8 aromatic carbocycles. The number of carbonyl (C=O) groups is 2. The number of benzene rings is 8. The van der Waals surface area contributed by atoms with E-state index in [0.29, 0.717) is 132 Å². The fourth-order valence-corrected chi connectivity index (χ4v) is 20.8. The average Bonchev–Trinajstić information content (AvgIpc) is 1.58. The van der Waals surface area contributed by atoms with Crippen LogP contribution in [-0.4, -0.2) is 94.4 Å². The number of nitriles is 2. The van der Waals surface area contributed by atoms with E-state index < -0.39 is 6.29 Å². The number of allylic oxidation sites excluding steroid dienone is 1. The van der Waals surface area contributed by atoms with Gasteiger partial charge in [-0.05, 0) is 207 Å². The van der Waals surface area contributed by atoms with E-state index in [2.05, 4.69) is 139 Å². The lowest BCUT2D eigenvalue weighted by Gasteiger charge is -2.32. The van der Waals surface area contributed by atoms with Gasteiger partial charge < -0.3 is 42.6 Å². The molecule has 3 saturated carbocycles. The third-order valence-electron chi connectivity index (χ3n) is 26.4. The van der Waals surface area contributed by atoms with Gasteiger partial charge in [0.1, 0.15) is 17.0 Å². The van der Waals surface area contributed by atoms with Gasteiger partial charge in [-0.1, -0.05) is 225 Å². The van der Waals surface area contributed by atoms with E-state index in [4.69, 9.17) is 123 Å². The van der Waals surface area contributed by atoms with Crippen LogP contribution in [0.1, 0.15) is 150 Å². The van der Waals surface area contributed by atoms with Gasteiger partial charge in [0.2, 0.25) is 12.2 Å². The lowest BCUT2D eigenvalue weighted by atomic mass is 9.83. The van der Waals surface area contributed by atoms with Gasteiger partial charge in [-0.2, -0.15) is 5.10 Å². The molecule has 3 aliphatic carbocycles. The molecule has 1 aliphatic heterocycles. The van der Waals surface area contributed by atoms with Gasteiger partial charge in [0, 0.05) is 176 Å². The number of rotatable bonds is 22. The number of hydrogen-bond donors (Lipinski definition) is 1. The summed E-state index contributed by atoms with van der Waals surface area (Å²) < 4.78 is 21.2. The number of nitrogens with zero attached hydrogens (tertiary/aromatic N) is 14. The van der Waals surface area contributed by atoms with Gasteiger partial charge in [-0.25, -0.2) is 20.2 Å². The van der Waals surface area contributed by atoms with Gasteiger partial charge >= 0.3 is 0 Å². The monoisotopic (exact) mass is 1980 g/mol. The number of para-hydroxylation sites is 4. The predicted molar refractivity (Wildman–Crippen MR) is 556 cm³/mol. The topological polar surface area (TPSA) is 233 Å². The van der Waals surface area contributed by atoms with Crippen molar-refractivity contribution in [2.24, 2.45) is 29.6 Å². The van der Waals surface area contributed by atoms with Crippen molar-refractivity contribution in [1.29, 1.82) is 10.5 Å². The number of aryl methyl sites for hydroxylation is 1. The van der Waals surface area contributed by atoms with Crippen LogP contribution >= 0.6 is 92.8 Å². The molecule has 2 amide bonds. The number of ether oxygens (including phenoxy) is 2. The van der Waals surface area contributed by atoms with Crippen LogP contribution < -0.4 is 5.56 Å². The molecular formula is C109H102Cl8N14O6. The zero-order valence-corrected chi connectivity index (χ0v) is 82.4. The van der Waals surface area contributed by atoms with E-state index in [1.54, 1.807) is 55.8 Å².